The highest BCUT2D eigenvalue weighted by molar-refractivity contribution is 5.94. The van der Waals surface area contributed by atoms with Crippen molar-refractivity contribution in [3.8, 4) is 5.75 Å². The van der Waals surface area contributed by atoms with Gasteiger partial charge >= 0.3 is 5.97 Å². The molecule has 0 aliphatic carbocycles. The molecule has 0 saturated carbocycles. The summed E-state index contributed by atoms with van der Waals surface area (Å²) < 4.78 is 0. The first-order valence-corrected chi connectivity index (χ1v) is 12.5. The highest BCUT2D eigenvalue weighted by Crippen LogP contribution is 2.12. The Labute approximate surface area is 226 Å². The van der Waals surface area contributed by atoms with Gasteiger partial charge in [-0.1, -0.05) is 12.1 Å². The molecule has 0 saturated heterocycles. The number of carboxylic acids is 1. The summed E-state index contributed by atoms with van der Waals surface area (Å²) in [6.07, 6.45) is 1.49. The molecule has 4 unspecified atom stereocenters. The van der Waals surface area contributed by atoms with E-state index >= 15 is 0 Å². The van der Waals surface area contributed by atoms with Crippen molar-refractivity contribution < 1.29 is 34.5 Å². The molecular weight excluding hydrogens is 512 g/mol. The number of rotatable bonds is 18. The van der Waals surface area contributed by atoms with Crippen LogP contribution in [0.4, 0.5) is 0 Å². The Morgan fingerprint density at radius 3 is 1.97 bits per heavy atom. The Hall–Kier alpha value is -3.95. The molecular formula is C24H40N8O7. The average Bonchev–Trinajstić information content (AvgIpc) is 2.89. The predicted molar refractivity (Wildman–Crippen MR) is 143 cm³/mol. The number of aliphatic imine (C=N–C) groups is 1. The number of nitrogens with zero attached hydrogens (tertiary/aromatic N) is 1. The van der Waals surface area contributed by atoms with Gasteiger partial charge in [-0.2, -0.15) is 0 Å². The van der Waals surface area contributed by atoms with Crippen LogP contribution in [0.25, 0.3) is 0 Å². The van der Waals surface area contributed by atoms with Crippen LogP contribution in [0, 0.1) is 0 Å². The fourth-order valence-corrected chi connectivity index (χ4v) is 3.51. The minimum absolute atomic E-state index is 0.00282. The van der Waals surface area contributed by atoms with E-state index in [-0.39, 0.29) is 43.9 Å². The molecule has 0 radical (unpaired) electrons. The molecule has 1 aromatic rings. The van der Waals surface area contributed by atoms with Crippen LogP contribution in [0.3, 0.4) is 0 Å². The van der Waals surface area contributed by atoms with E-state index in [4.69, 9.17) is 22.9 Å². The molecule has 0 bridgehead atoms. The van der Waals surface area contributed by atoms with Gasteiger partial charge in [0.1, 0.15) is 29.9 Å². The molecule has 218 valence electrons. The zero-order valence-electron chi connectivity index (χ0n) is 21.7. The van der Waals surface area contributed by atoms with E-state index in [0.29, 0.717) is 24.9 Å². The summed E-state index contributed by atoms with van der Waals surface area (Å²) in [5.41, 5.74) is 22.3. The third kappa shape index (κ3) is 12.9. The minimum Gasteiger partial charge on any atom is -0.508 e. The number of benzene rings is 1. The zero-order chi connectivity index (χ0) is 29.4. The van der Waals surface area contributed by atoms with Gasteiger partial charge in [0.2, 0.25) is 17.7 Å². The first-order chi connectivity index (χ1) is 18.5. The number of phenols is 1. The summed E-state index contributed by atoms with van der Waals surface area (Å²) in [7, 11) is 0. The Morgan fingerprint density at radius 2 is 1.41 bits per heavy atom. The molecule has 0 spiro atoms. The van der Waals surface area contributed by atoms with Crippen LogP contribution < -0.4 is 38.9 Å². The number of unbranched alkanes of at least 4 members (excludes halogenated alkanes) is 1. The van der Waals surface area contributed by atoms with Crippen LogP contribution in [0.15, 0.2) is 29.3 Å². The van der Waals surface area contributed by atoms with E-state index in [2.05, 4.69) is 20.9 Å². The number of amides is 3. The smallest absolute Gasteiger partial charge is 0.326 e. The van der Waals surface area contributed by atoms with Gasteiger partial charge in [0.25, 0.3) is 0 Å². The van der Waals surface area contributed by atoms with Crippen LogP contribution in [0.5, 0.6) is 5.75 Å². The number of carbonyl (C=O) groups is 4. The van der Waals surface area contributed by atoms with Crippen LogP contribution in [0.2, 0.25) is 0 Å². The molecule has 14 N–H and O–H groups in total. The van der Waals surface area contributed by atoms with Gasteiger partial charge in [-0.3, -0.25) is 19.4 Å². The largest absolute Gasteiger partial charge is 0.508 e. The normalized spacial score (nSPS) is 13.8. The second-order valence-corrected chi connectivity index (χ2v) is 8.91. The lowest BCUT2D eigenvalue weighted by Crippen LogP contribution is -2.58. The van der Waals surface area contributed by atoms with Gasteiger partial charge in [0.05, 0.1) is 6.61 Å². The monoisotopic (exact) mass is 552 g/mol. The molecule has 15 heteroatoms. The topological polar surface area (TPSA) is 282 Å². The maximum Gasteiger partial charge on any atom is 0.326 e. The number of aliphatic hydroxyl groups is 1. The molecule has 0 aromatic heterocycles. The van der Waals surface area contributed by atoms with Crippen molar-refractivity contribution in [1.29, 1.82) is 0 Å². The SMILES string of the molecule is NCCCCC(NC(=O)C(CCCN=C(N)N)NC(=O)C(Cc1ccc(O)cc1)NC(=O)C(N)CO)C(=O)O. The number of carbonyl (C=O) groups excluding carboxylic acids is 3. The molecule has 0 heterocycles. The maximum atomic E-state index is 13.3. The highest BCUT2D eigenvalue weighted by Gasteiger charge is 2.30. The second-order valence-electron chi connectivity index (χ2n) is 8.91. The number of aliphatic carboxylic acids is 1. The summed E-state index contributed by atoms with van der Waals surface area (Å²) in [4.78, 5) is 54.3. The number of nitrogens with two attached hydrogens (primary N) is 4. The quantitative estimate of drug-likeness (QED) is 0.0496. The molecule has 15 nitrogen and oxygen atoms in total. The fourth-order valence-electron chi connectivity index (χ4n) is 3.51. The summed E-state index contributed by atoms with van der Waals surface area (Å²) >= 11 is 0. The van der Waals surface area contributed by atoms with Gasteiger partial charge in [0, 0.05) is 13.0 Å². The lowest BCUT2D eigenvalue weighted by Gasteiger charge is -2.25. The van der Waals surface area contributed by atoms with E-state index in [9.17, 15) is 34.5 Å². The van der Waals surface area contributed by atoms with Crippen LogP contribution in [0.1, 0.15) is 37.7 Å². The van der Waals surface area contributed by atoms with Crippen LogP contribution >= 0.6 is 0 Å². The van der Waals surface area contributed by atoms with E-state index in [1.807, 2.05) is 0 Å². The van der Waals surface area contributed by atoms with E-state index in [1.54, 1.807) is 12.1 Å². The first kappa shape index (κ1) is 33.1. The van der Waals surface area contributed by atoms with Gasteiger partial charge in [-0.05, 0) is 56.3 Å². The summed E-state index contributed by atoms with van der Waals surface area (Å²) in [6, 6.07) is 1.02. The lowest BCUT2D eigenvalue weighted by atomic mass is 10.0. The summed E-state index contributed by atoms with van der Waals surface area (Å²) in [5.74, 6) is -3.67. The number of aliphatic hydroxyl groups excluding tert-OH is 1. The number of phenolic OH excluding ortho intramolecular Hbond substituents is 1. The molecule has 1 rings (SSSR count). The third-order valence-corrected chi connectivity index (χ3v) is 5.68. The Kier molecular flexibility index (Phi) is 14.9. The highest BCUT2D eigenvalue weighted by atomic mass is 16.4. The molecule has 1 aromatic carbocycles. The van der Waals surface area contributed by atoms with Crippen molar-refractivity contribution in [3.05, 3.63) is 29.8 Å². The van der Waals surface area contributed by atoms with E-state index in [1.165, 1.54) is 12.1 Å². The van der Waals surface area contributed by atoms with Gasteiger partial charge in [-0.25, -0.2) is 4.79 Å². The Balaban J connectivity index is 3.13. The number of hydrogen-bond acceptors (Lipinski definition) is 9. The van der Waals surface area contributed by atoms with E-state index < -0.39 is 54.5 Å². The van der Waals surface area contributed by atoms with Crippen molar-refractivity contribution >= 4 is 29.7 Å². The van der Waals surface area contributed by atoms with Crippen molar-refractivity contribution in [2.45, 2.75) is 62.7 Å². The standard InChI is InChI=1S/C24H40N8O7/c25-10-2-1-4-18(23(38)39)31-21(36)17(5-3-11-29-24(27)28)30-22(37)19(32-20(35)16(26)13-33)12-14-6-8-15(34)9-7-14/h6-9,16-19,33-34H,1-5,10-13,25-26H2,(H,30,37)(H,31,36)(H,32,35)(H,38,39)(H4,27,28,29). The number of hydrogen-bond donors (Lipinski definition) is 10. The molecule has 0 fully saturated rings. The number of guanidine groups is 1. The number of nitrogens with one attached hydrogen (secondary N) is 3. The van der Waals surface area contributed by atoms with Crippen LogP contribution in [-0.2, 0) is 25.6 Å². The summed E-state index contributed by atoms with van der Waals surface area (Å²) in [5, 5.41) is 35.7. The fraction of sp³-hybridized carbons (Fsp3) is 0.542. The van der Waals surface area contributed by atoms with Gasteiger partial charge in [0.15, 0.2) is 5.96 Å². The lowest BCUT2D eigenvalue weighted by molar-refractivity contribution is -0.142. The Bertz CT molecular complexity index is 970. The maximum absolute atomic E-state index is 13.3. The van der Waals surface area contributed by atoms with Crippen molar-refractivity contribution in [2.24, 2.45) is 27.9 Å². The number of carboxylic acid groups (broad SMARTS) is 1. The van der Waals surface area contributed by atoms with Gasteiger partial charge in [-0.15, -0.1) is 0 Å². The minimum atomic E-state index is -1.29. The first-order valence-electron chi connectivity index (χ1n) is 12.5. The van der Waals surface area contributed by atoms with Gasteiger partial charge < -0.3 is 54.2 Å². The Morgan fingerprint density at radius 1 is 0.846 bits per heavy atom. The zero-order valence-corrected chi connectivity index (χ0v) is 21.7. The molecule has 3 amide bonds. The number of aromatic hydroxyl groups is 1. The third-order valence-electron chi connectivity index (χ3n) is 5.68. The molecule has 0 aliphatic rings. The molecule has 4 atom stereocenters. The summed E-state index contributed by atoms with van der Waals surface area (Å²) in [6.45, 7) is -0.131. The second kappa shape index (κ2) is 17.5. The molecule has 39 heavy (non-hydrogen) atoms. The predicted octanol–water partition coefficient (Wildman–Crippen LogP) is -3.02. The van der Waals surface area contributed by atoms with Crippen molar-refractivity contribution in [1.82, 2.24) is 16.0 Å². The van der Waals surface area contributed by atoms with Crippen molar-refractivity contribution in [3.63, 3.8) is 0 Å². The van der Waals surface area contributed by atoms with E-state index in [0.717, 1.165) is 0 Å². The average molecular weight is 553 g/mol. The van der Waals surface area contributed by atoms with Crippen molar-refractivity contribution in [2.75, 3.05) is 19.7 Å². The molecule has 0 aliphatic heterocycles. The van der Waals surface area contributed by atoms with Crippen LogP contribution in [-0.4, -0.2) is 88.8 Å².